The highest BCUT2D eigenvalue weighted by Crippen LogP contribution is 2.34. The molecular formula is C23H24F2N4O3. The number of benzene rings is 2. The average molecular weight is 442 g/mol. The predicted molar refractivity (Wildman–Crippen MR) is 116 cm³/mol. The van der Waals surface area contributed by atoms with Crippen molar-refractivity contribution in [2.75, 3.05) is 44.8 Å². The number of nitrogens with zero attached hydrogens (tertiary/aromatic N) is 3. The van der Waals surface area contributed by atoms with Gasteiger partial charge < -0.3 is 14.8 Å². The van der Waals surface area contributed by atoms with E-state index >= 15 is 0 Å². The van der Waals surface area contributed by atoms with Gasteiger partial charge in [0.15, 0.2) is 5.82 Å². The highest BCUT2D eigenvalue weighted by Gasteiger charge is 2.18. The van der Waals surface area contributed by atoms with Crippen LogP contribution in [0.25, 0.3) is 11.3 Å². The minimum Gasteiger partial charge on any atom is -0.492 e. The summed E-state index contributed by atoms with van der Waals surface area (Å²) in [6.45, 7) is 4.25. The monoisotopic (exact) mass is 442 g/mol. The Morgan fingerprint density at radius 1 is 1.16 bits per heavy atom. The van der Waals surface area contributed by atoms with Crippen LogP contribution < -0.4 is 10.1 Å². The van der Waals surface area contributed by atoms with Crippen LogP contribution in [0.1, 0.15) is 10.4 Å². The number of nitrogens with one attached hydrogen (secondary N) is 1. The van der Waals surface area contributed by atoms with Crippen molar-refractivity contribution >= 4 is 11.6 Å². The Morgan fingerprint density at radius 2 is 1.91 bits per heavy atom. The van der Waals surface area contributed by atoms with Crippen molar-refractivity contribution in [1.29, 1.82) is 0 Å². The van der Waals surface area contributed by atoms with Crippen LogP contribution in [0.5, 0.6) is 5.75 Å². The lowest BCUT2D eigenvalue weighted by atomic mass is 10.1. The second kappa shape index (κ2) is 9.88. The van der Waals surface area contributed by atoms with Gasteiger partial charge in [-0.25, -0.2) is 8.78 Å². The minimum atomic E-state index is -0.493. The molecule has 32 heavy (non-hydrogen) atoms. The van der Waals surface area contributed by atoms with Gasteiger partial charge in [0.05, 0.1) is 19.4 Å². The number of anilines is 1. The van der Waals surface area contributed by atoms with Crippen molar-refractivity contribution in [3.05, 3.63) is 65.9 Å². The Morgan fingerprint density at radius 3 is 2.59 bits per heavy atom. The molecule has 1 aromatic heterocycles. The molecule has 0 saturated carbocycles. The summed E-state index contributed by atoms with van der Waals surface area (Å²) in [5.41, 5.74) is 1.49. The van der Waals surface area contributed by atoms with E-state index < -0.39 is 17.5 Å². The zero-order valence-corrected chi connectivity index (χ0v) is 17.7. The summed E-state index contributed by atoms with van der Waals surface area (Å²) >= 11 is 0. The van der Waals surface area contributed by atoms with Crippen molar-refractivity contribution in [3.8, 4) is 17.0 Å². The quantitative estimate of drug-likeness (QED) is 0.608. The van der Waals surface area contributed by atoms with Crippen molar-refractivity contribution in [2.45, 2.75) is 0 Å². The predicted octanol–water partition coefficient (Wildman–Crippen LogP) is 3.33. The van der Waals surface area contributed by atoms with Crippen LogP contribution in [-0.4, -0.2) is 60.0 Å². The van der Waals surface area contributed by atoms with E-state index in [9.17, 15) is 13.6 Å². The molecule has 1 amide bonds. The summed E-state index contributed by atoms with van der Waals surface area (Å²) in [5, 5.41) is 6.74. The Balaban J connectivity index is 1.54. The first kappa shape index (κ1) is 21.9. The summed E-state index contributed by atoms with van der Waals surface area (Å²) < 4.78 is 40.4. The van der Waals surface area contributed by atoms with Gasteiger partial charge in [0, 0.05) is 43.5 Å². The van der Waals surface area contributed by atoms with E-state index in [0.29, 0.717) is 42.4 Å². The van der Waals surface area contributed by atoms with Gasteiger partial charge in [-0.05, 0) is 42.5 Å². The summed E-state index contributed by atoms with van der Waals surface area (Å²) in [5.74, 6) is -0.829. The standard InChI is InChI=1S/C23H24F2N4O3/c1-28-22(20(25)15-26-28)19-14-18(27-23(30)16-2-4-17(24)5-3-16)6-7-21(19)32-13-10-29-8-11-31-12-9-29/h2-7,14-15H,8-13H2,1H3,(H,27,30). The van der Waals surface area contributed by atoms with E-state index in [4.69, 9.17) is 9.47 Å². The van der Waals surface area contributed by atoms with E-state index in [-0.39, 0.29) is 5.69 Å². The first-order chi connectivity index (χ1) is 15.5. The Kier molecular flexibility index (Phi) is 6.77. The fourth-order valence-corrected chi connectivity index (χ4v) is 3.55. The Labute approximate surface area is 184 Å². The molecule has 1 aliphatic heterocycles. The largest absolute Gasteiger partial charge is 0.492 e. The van der Waals surface area contributed by atoms with Crippen molar-refractivity contribution in [3.63, 3.8) is 0 Å². The van der Waals surface area contributed by atoms with Gasteiger partial charge in [-0.2, -0.15) is 5.10 Å². The molecule has 1 aliphatic rings. The molecule has 168 valence electrons. The van der Waals surface area contributed by atoms with Crippen LogP contribution >= 0.6 is 0 Å². The van der Waals surface area contributed by atoms with Crippen molar-refractivity contribution < 1.29 is 23.0 Å². The van der Waals surface area contributed by atoms with Gasteiger partial charge in [0.25, 0.3) is 5.91 Å². The van der Waals surface area contributed by atoms with E-state index in [0.717, 1.165) is 25.8 Å². The van der Waals surface area contributed by atoms with Crippen LogP contribution in [0.15, 0.2) is 48.7 Å². The smallest absolute Gasteiger partial charge is 0.255 e. The number of aryl methyl sites for hydroxylation is 1. The van der Waals surface area contributed by atoms with Gasteiger partial charge in [0.2, 0.25) is 0 Å². The molecule has 0 radical (unpaired) electrons. The molecule has 1 fully saturated rings. The van der Waals surface area contributed by atoms with Gasteiger partial charge >= 0.3 is 0 Å². The number of aromatic nitrogens is 2. The number of hydrogen-bond donors (Lipinski definition) is 1. The minimum absolute atomic E-state index is 0.254. The molecule has 1 N–H and O–H groups in total. The number of ether oxygens (including phenoxy) is 2. The lowest BCUT2D eigenvalue weighted by molar-refractivity contribution is 0.0323. The molecular weight excluding hydrogens is 418 g/mol. The third kappa shape index (κ3) is 5.12. The summed E-state index contributed by atoms with van der Waals surface area (Å²) in [7, 11) is 1.64. The molecule has 0 atom stereocenters. The number of amides is 1. The molecule has 2 aromatic carbocycles. The third-order valence-corrected chi connectivity index (χ3v) is 5.26. The maximum Gasteiger partial charge on any atom is 0.255 e. The lowest BCUT2D eigenvalue weighted by Gasteiger charge is -2.26. The van der Waals surface area contributed by atoms with Crippen LogP contribution in [0.3, 0.4) is 0 Å². The molecule has 2 heterocycles. The SMILES string of the molecule is Cn1ncc(F)c1-c1cc(NC(=O)c2ccc(F)cc2)ccc1OCCN1CCOCC1. The fourth-order valence-electron chi connectivity index (χ4n) is 3.55. The fraction of sp³-hybridized carbons (Fsp3) is 0.304. The van der Waals surface area contributed by atoms with Crippen molar-refractivity contribution in [2.24, 2.45) is 7.05 Å². The number of carbonyl (C=O) groups is 1. The molecule has 9 heteroatoms. The number of hydrogen-bond acceptors (Lipinski definition) is 5. The zero-order valence-electron chi connectivity index (χ0n) is 17.7. The van der Waals surface area contributed by atoms with Crippen LogP contribution in [0.2, 0.25) is 0 Å². The van der Waals surface area contributed by atoms with Gasteiger partial charge in [-0.3, -0.25) is 14.4 Å². The number of morpholine rings is 1. The second-order valence-corrected chi connectivity index (χ2v) is 7.44. The average Bonchev–Trinajstić information content (AvgIpc) is 3.13. The number of carbonyl (C=O) groups excluding carboxylic acids is 1. The maximum atomic E-state index is 14.5. The van der Waals surface area contributed by atoms with E-state index in [1.54, 1.807) is 25.2 Å². The summed E-state index contributed by atoms with van der Waals surface area (Å²) in [6.07, 6.45) is 1.14. The zero-order chi connectivity index (χ0) is 22.5. The summed E-state index contributed by atoms with van der Waals surface area (Å²) in [4.78, 5) is 14.8. The second-order valence-electron chi connectivity index (χ2n) is 7.44. The maximum absolute atomic E-state index is 14.5. The first-order valence-corrected chi connectivity index (χ1v) is 10.3. The topological polar surface area (TPSA) is 68.6 Å². The molecule has 0 bridgehead atoms. The highest BCUT2D eigenvalue weighted by atomic mass is 19.1. The molecule has 4 rings (SSSR count). The summed E-state index contributed by atoms with van der Waals surface area (Å²) in [6, 6.07) is 10.3. The molecule has 0 aliphatic carbocycles. The molecule has 1 saturated heterocycles. The molecule has 0 spiro atoms. The first-order valence-electron chi connectivity index (χ1n) is 10.3. The van der Waals surface area contributed by atoms with Gasteiger partial charge in [0.1, 0.15) is 23.9 Å². The number of rotatable bonds is 7. The van der Waals surface area contributed by atoms with E-state index in [1.165, 1.54) is 28.9 Å². The van der Waals surface area contributed by atoms with Crippen LogP contribution in [0.4, 0.5) is 14.5 Å². The Hall–Kier alpha value is -3.30. The molecule has 3 aromatic rings. The van der Waals surface area contributed by atoms with Crippen molar-refractivity contribution in [1.82, 2.24) is 14.7 Å². The van der Waals surface area contributed by atoms with E-state index in [2.05, 4.69) is 15.3 Å². The molecule has 0 unspecified atom stereocenters. The molecule has 7 nitrogen and oxygen atoms in total. The van der Waals surface area contributed by atoms with E-state index in [1.807, 2.05) is 0 Å². The number of halogens is 2. The third-order valence-electron chi connectivity index (χ3n) is 5.26. The normalized spacial score (nSPS) is 14.3. The highest BCUT2D eigenvalue weighted by molar-refractivity contribution is 6.04. The lowest BCUT2D eigenvalue weighted by Crippen LogP contribution is -2.38. The van der Waals surface area contributed by atoms with Crippen LogP contribution in [-0.2, 0) is 11.8 Å². The van der Waals surface area contributed by atoms with Gasteiger partial charge in [-0.15, -0.1) is 0 Å². The van der Waals surface area contributed by atoms with Crippen LogP contribution in [0, 0.1) is 11.6 Å². The Bertz CT molecular complexity index is 1060. The van der Waals surface area contributed by atoms with Gasteiger partial charge in [-0.1, -0.05) is 0 Å².